The molecule has 1 aromatic carbocycles. The van der Waals surface area contributed by atoms with Crippen molar-refractivity contribution in [1.29, 1.82) is 0 Å². The van der Waals surface area contributed by atoms with E-state index in [1.54, 1.807) is 30.5 Å². The van der Waals surface area contributed by atoms with Crippen LogP contribution in [0.1, 0.15) is 29.2 Å². The first-order valence-electron chi connectivity index (χ1n) is 11.8. The fourth-order valence-electron chi connectivity index (χ4n) is 5.46. The fourth-order valence-corrected chi connectivity index (χ4v) is 5.46. The van der Waals surface area contributed by atoms with Crippen molar-refractivity contribution in [3.63, 3.8) is 0 Å². The van der Waals surface area contributed by atoms with Crippen molar-refractivity contribution < 1.29 is 9.59 Å². The maximum absolute atomic E-state index is 12.6. The molecule has 0 radical (unpaired) electrons. The summed E-state index contributed by atoms with van der Waals surface area (Å²) in [5, 5.41) is 8.38. The summed E-state index contributed by atoms with van der Waals surface area (Å²) in [4.78, 5) is 39.8. The minimum Gasteiger partial charge on any atom is -0.383 e. The molecule has 1 unspecified atom stereocenters. The number of aromatic nitrogens is 5. The van der Waals surface area contributed by atoms with Crippen LogP contribution in [0.5, 0.6) is 0 Å². The lowest BCUT2D eigenvalue weighted by Gasteiger charge is -2.32. The van der Waals surface area contributed by atoms with Crippen LogP contribution in [0.2, 0.25) is 0 Å². The Hall–Kier alpha value is -4.60. The summed E-state index contributed by atoms with van der Waals surface area (Å²) in [6.45, 7) is 4.40. The molecule has 1 saturated carbocycles. The predicted octanol–water partition coefficient (Wildman–Crippen LogP) is 3.07. The lowest BCUT2D eigenvalue weighted by atomic mass is 10.1. The lowest BCUT2D eigenvalue weighted by Crippen LogP contribution is -2.42. The molecular weight excluding hydrogens is 456 g/mol. The van der Waals surface area contributed by atoms with E-state index in [4.69, 9.17) is 10.8 Å². The van der Waals surface area contributed by atoms with Crippen molar-refractivity contribution in [1.82, 2.24) is 29.6 Å². The number of fused-ring (bicyclic) bond motifs is 3. The molecule has 2 bridgehead atoms. The summed E-state index contributed by atoms with van der Waals surface area (Å²) < 4.78 is 1.90. The van der Waals surface area contributed by atoms with Crippen molar-refractivity contribution in [2.24, 2.45) is 5.92 Å². The minimum absolute atomic E-state index is 0.0124. The maximum atomic E-state index is 12.6. The summed E-state index contributed by atoms with van der Waals surface area (Å²) >= 11 is 0. The molecule has 180 valence electrons. The third kappa shape index (κ3) is 3.58. The number of rotatable bonds is 5. The Morgan fingerprint density at radius 1 is 1.06 bits per heavy atom. The van der Waals surface area contributed by atoms with Gasteiger partial charge in [-0.05, 0) is 49.1 Å². The van der Waals surface area contributed by atoms with Crippen LogP contribution in [0.25, 0.3) is 22.3 Å². The quantitative estimate of drug-likeness (QED) is 0.420. The number of benzene rings is 1. The Balaban J connectivity index is 1.35. The first kappa shape index (κ1) is 21.9. The van der Waals surface area contributed by atoms with Gasteiger partial charge in [-0.1, -0.05) is 24.8 Å². The van der Waals surface area contributed by atoms with Crippen LogP contribution in [0.4, 0.5) is 11.6 Å². The molecule has 3 N–H and O–H groups in total. The van der Waals surface area contributed by atoms with Gasteiger partial charge in [0.25, 0.3) is 5.91 Å². The second-order valence-electron chi connectivity index (χ2n) is 9.16. The summed E-state index contributed by atoms with van der Waals surface area (Å²) in [5.41, 5.74) is 8.85. The molecule has 2 fully saturated rings. The number of hydrogen-bond acceptors (Lipinski definition) is 7. The lowest BCUT2D eigenvalue weighted by molar-refractivity contribution is -0.128. The highest BCUT2D eigenvalue weighted by Crippen LogP contribution is 2.46. The fraction of sp³-hybridized carbons (Fsp3) is 0.231. The normalized spacial score (nSPS) is 20.6. The average Bonchev–Trinajstić information content (AvgIpc) is 3.62. The van der Waals surface area contributed by atoms with Crippen molar-refractivity contribution in [2.75, 3.05) is 17.6 Å². The molecule has 1 aliphatic carbocycles. The van der Waals surface area contributed by atoms with Crippen molar-refractivity contribution in [3.05, 3.63) is 73.2 Å². The zero-order valence-corrected chi connectivity index (χ0v) is 19.4. The van der Waals surface area contributed by atoms with Crippen molar-refractivity contribution in [3.8, 4) is 11.3 Å². The van der Waals surface area contributed by atoms with Crippen LogP contribution in [-0.4, -0.2) is 54.0 Å². The molecule has 6 rings (SSSR count). The van der Waals surface area contributed by atoms with Gasteiger partial charge in [-0.3, -0.25) is 9.59 Å². The zero-order valence-electron chi connectivity index (χ0n) is 19.4. The highest BCUT2D eigenvalue weighted by atomic mass is 16.2. The van der Waals surface area contributed by atoms with Gasteiger partial charge in [-0.2, -0.15) is 5.10 Å². The third-order valence-corrected chi connectivity index (χ3v) is 7.07. The summed E-state index contributed by atoms with van der Waals surface area (Å²) in [6, 6.07) is 12.5. The molecule has 2 amide bonds. The molecule has 3 atom stereocenters. The molecule has 10 heteroatoms. The van der Waals surface area contributed by atoms with E-state index in [-0.39, 0.29) is 23.9 Å². The van der Waals surface area contributed by atoms with Crippen LogP contribution in [0.3, 0.4) is 0 Å². The second kappa shape index (κ2) is 8.56. The number of anilines is 2. The number of pyridine rings is 1. The van der Waals surface area contributed by atoms with Gasteiger partial charge < -0.3 is 16.0 Å². The summed E-state index contributed by atoms with van der Waals surface area (Å²) in [6.07, 6.45) is 6.27. The van der Waals surface area contributed by atoms with E-state index < -0.39 is 0 Å². The Morgan fingerprint density at radius 3 is 2.58 bits per heavy atom. The Kier molecular flexibility index (Phi) is 5.21. The predicted molar refractivity (Wildman–Crippen MR) is 135 cm³/mol. The Bertz CT molecular complexity index is 1480. The van der Waals surface area contributed by atoms with E-state index in [2.05, 4.69) is 26.8 Å². The van der Waals surface area contributed by atoms with Gasteiger partial charge in [0.2, 0.25) is 5.91 Å². The minimum atomic E-state index is -0.257. The third-order valence-electron chi connectivity index (χ3n) is 7.07. The monoisotopic (exact) mass is 480 g/mol. The van der Waals surface area contributed by atoms with Crippen LogP contribution in [-0.2, 0) is 4.79 Å². The molecule has 4 aromatic rings. The standard InChI is InChI=1S/C26H24N8O2/c1-2-21(35)33-13-15-11-18(33)19(12-15)34-25-22(24(27)29-14-30-25)23(32-34)16-6-8-17(9-7-16)26(36)31-20-5-3-4-10-28-20/h2-10,14-15,18-19H,1,11-13H2,(H2,27,29,30)(H,28,31,36)/t15-,18-,19?/m1/s1. The first-order chi connectivity index (χ1) is 17.5. The van der Waals surface area contributed by atoms with E-state index in [9.17, 15) is 9.59 Å². The molecule has 4 heterocycles. The number of hydrogen-bond donors (Lipinski definition) is 2. The maximum Gasteiger partial charge on any atom is 0.256 e. The van der Waals surface area contributed by atoms with Gasteiger partial charge in [0, 0.05) is 23.9 Å². The molecular formula is C26H24N8O2. The van der Waals surface area contributed by atoms with Gasteiger partial charge in [0.15, 0.2) is 5.65 Å². The molecule has 3 aromatic heterocycles. The Morgan fingerprint density at radius 2 is 1.86 bits per heavy atom. The van der Waals surface area contributed by atoms with E-state index in [1.165, 1.54) is 12.4 Å². The Labute approximate surface area is 206 Å². The number of piperidine rings is 1. The van der Waals surface area contributed by atoms with Crippen LogP contribution in [0, 0.1) is 5.92 Å². The second-order valence-corrected chi connectivity index (χ2v) is 9.16. The first-order valence-corrected chi connectivity index (χ1v) is 11.8. The number of likely N-dealkylation sites (tertiary alicyclic amines) is 1. The van der Waals surface area contributed by atoms with Gasteiger partial charge in [0.1, 0.15) is 23.7 Å². The summed E-state index contributed by atoms with van der Waals surface area (Å²) in [5.74, 6) is 0.921. The number of amides is 2. The van der Waals surface area contributed by atoms with Crippen LogP contribution in [0.15, 0.2) is 67.6 Å². The van der Waals surface area contributed by atoms with Crippen molar-refractivity contribution >= 4 is 34.5 Å². The summed E-state index contributed by atoms with van der Waals surface area (Å²) in [7, 11) is 0. The molecule has 1 aliphatic heterocycles. The number of nitrogens with zero attached hydrogens (tertiary/aromatic N) is 6. The molecule has 0 spiro atoms. The number of nitrogens with one attached hydrogen (secondary N) is 1. The molecule has 36 heavy (non-hydrogen) atoms. The smallest absolute Gasteiger partial charge is 0.256 e. The number of nitrogens with two attached hydrogens (primary N) is 1. The van der Waals surface area contributed by atoms with Gasteiger partial charge in [0.05, 0.1) is 17.5 Å². The van der Waals surface area contributed by atoms with Gasteiger partial charge >= 0.3 is 0 Å². The molecule has 1 saturated heterocycles. The molecule has 10 nitrogen and oxygen atoms in total. The van der Waals surface area contributed by atoms with E-state index in [0.29, 0.717) is 39.8 Å². The topological polar surface area (TPSA) is 132 Å². The van der Waals surface area contributed by atoms with Crippen molar-refractivity contribution in [2.45, 2.75) is 24.9 Å². The average molecular weight is 481 g/mol. The highest BCUT2D eigenvalue weighted by Gasteiger charge is 2.48. The van der Waals surface area contributed by atoms with Crippen LogP contribution >= 0.6 is 0 Å². The number of nitrogen functional groups attached to an aromatic ring is 1. The SMILES string of the molecule is C=CC(=O)N1C[C@H]2CC(n3nc(-c4ccc(C(=O)Nc5ccccn5)cc4)c4c(N)ncnc43)[C@H]1C2. The van der Waals surface area contributed by atoms with Gasteiger partial charge in [-0.25, -0.2) is 19.6 Å². The number of carbonyl (C=O) groups is 2. The van der Waals surface area contributed by atoms with Crippen LogP contribution < -0.4 is 11.1 Å². The highest BCUT2D eigenvalue weighted by molar-refractivity contribution is 6.04. The number of carbonyl (C=O) groups excluding carboxylic acids is 2. The zero-order chi connectivity index (χ0) is 24.8. The largest absolute Gasteiger partial charge is 0.383 e. The van der Waals surface area contributed by atoms with E-state index in [0.717, 1.165) is 24.9 Å². The van der Waals surface area contributed by atoms with Gasteiger partial charge in [-0.15, -0.1) is 0 Å². The van der Waals surface area contributed by atoms with E-state index in [1.807, 2.05) is 27.8 Å². The van der Waals surface area contributed by atoms with E-state index >= 15 is 0 Å². The molecule has 2 aliphatic rings.